The van der Waals surface area contributed by atoms with E-state index in [1.54, 1.807) is 12.1 Å². The van der Waals surface area contributed by atoms with Crippen LogP contribution in [0.1, 0.15) is 42.3 Å². The first-order valence-corrected chi connectivity index (χ1v) is 8.48. The molecule has 0 unspecified atom stereocenters. The molecule has 2 aromatic rings. The number of amides is 1. The van der Waals surface area contributed by atoms with E-state index in [0.717, 1.165) is 17.8 Å². The number of rotatable bonds is 4. The van der Waals surface area contributed by atoms with Gasteiger partial charge in [0.15, 0.2) is 0 Å². The number of nitro groups is 1. The zero-order chi connectivity index (χ0) is 19.5. The van der Waals surface area contributed by atoms with Crippen molar-refractivity contribution < 1.29 is 14.8 Å². The molecule has 2 rings (SSSR count). The molecule has 0 saturated carbocycles. The molecule has 0 atom stereocenters. The Morgan fingerprint density at radius 1 is 1.23 bits per heavy atom. The molecule has 0 aromatic heterocycles. The highest BCUT2D eigenvalue weighted by Gasteiger charge is 2.14. The lowest BCUT2D eigenvalue weighted by Gasteiger charge is -2.18. The molecule has 8 heteroatoms. The summed E-state index contributed by atoms with van der Waals surface area (Å²) >= 11 is 3.10. The van der Waals surface area contributed by atoms with E-state index in [0.29, 0.717) is 10.0 Å². The van der Waals surface area contributed by atoms with Crippen molar-refractivity contribution in [2.24, 2.45) is 5.10 Å². The maximum absolute atomic E-state index is 12.1. The summed E-state index contributed by atoms with van der Waals surface area (Å²) < 4.78 is 0.370. The Morgan fingerprint density at radius 2 is 1.85 bits per heavy atom. The van der Waals surface area contributed by atoms with E-state index in [-0.39, 0.29) is 11.0 Å². The Labute approximate surface area is 159 Å². The van der Waals surface area contributed by atoms with Gasteiger partial charge in [-0.25, -0.2) is 5.43 Å². The standard InChI is InChI=1S/C18H18BrN3O4/c1-18(2,3)13-6-4-11(5-7-13)17(24)21-20-10-12-8-14(19)9-15(16(12)23)22(25)26/h4-10,23H,1-3H3,(H,21,24)/p-1/b20-10-. The molecule has 1 amide bonds. The van der Waals surface area contributed by atoms with Crippen LogP contribution >= 0.6 is 15.9 Å². The number of nitrogens with one attached hydrogen (secondary N) is 1. The van der Waals surface area contributed by atoms with Crippen LogP contribution in [0.25, 0.3) is 0 Å². The average molecular weight is 419 g/mol. The molecule has 0 radical (unpaired) electrons. The summed E-state index contributed by atoms with van der Waals surface area (Å²) in [4.78, 5) is 22.2. The van der Waals surface area contributed by atoms with Gasteiger partial charge >= 0.3 is 0 Å². The van der Waals surface area contributed by atoms with Crippen molar-refractivity contribution in [1.82, 2.24) is 5.43 Å². The number of benzene rings is 2. The van der Waals surface area contributed by atoms with Crippen LogP contribution in [0.15, 0.2) is 46.0 Å². The van der Waals surface area contributed by atoms with Crippen LogP contribution in [-0.2, 0) is 5.41 Å². The molecule has 0 bridgehead atoms. The fraction of sp³-hybridized carbons (Fsp3) is 0.222. The van der Waals surface area contributed by atoms with E-state index in [4.69, 9.17) is 0 Å². The van der Waals surface area contributed by atoms with Gasteiger partial charge in [-0.2, -0.15) is 5.10 Å². The van der Waals surface area contributed by atoms with E-state index >= 15 is 0 Å². The summed E-state index contributed by atoms with van der Waals surface area (Å²) in [5.41, 5.74) is 3.22. The molecule has 0 heterocycles. The maximum Gasteiger partial charge on any atom is 0.271 e. The third-order valence-corrected chi connectivity index (χ3v) is 4.10. The summed E-state index contributed by atoms with van der Waals surface area (Å²) in [6.07, 6.45) is 1.08. The Hall–Kier alpha value is -2.74. The number of nitrogens with zero attached hydrogens (tertiary/aromatic N) is 2. The third-order valence-electron chi connectivity index (χ3n) is 3.64. The average Bonchev–Trinajstić information content (AvgIpc) is 2.56. The van der Waals surface area contributed by atoms with Gasteiger partial charge in [0.2, 0.25) is 0 Å². The fourth-order valence-corrected chi connectivity index (χ4v) is 2.64. The zero-order valence-electron chi connectivity index (χ0n) is 14.4. The SMILES string of the molecule is CC(C)(C)c1ccc(C(=O)N/N=C\c2cc(Br)cc([N+](=O)[O-])c2[O-])cc1. The predicted molar refractivity (Wildman–Crippen MR) is 100 cm³/mol. The van der Waals surface area contributed by atoms with Crippen LogP contribution in [0.3, 0.4) is 0 Å². The highest BCUT2D eigenvalue weighted by molar-refractivity contribution is 9.10. The van der Waals surface area contributed by atoms with E-state index in [1.807, 2.05) is 12.1 Å². The first-order chi connectivity index (χ1) is 12.1. The van der Waals surface area contributed by atoms with Gasteiger partial charge in [0.25, 0.3) is 11.6 Å². The van der Waals surface area contributed by atoms with Crippen molar-refractivity contribution in [1.29, 1.82) is 0 Å². The van der Waals surface area contributed by atoms with Crippen molar-refractivity contribution in [3.63, 3.8) is 0 Å². The van der Waals surface area contributed by atoms with E-state index in [9.17, 15) is 20.0 Å². The van der Waals surface area contributed by atoms with Crippen LogP contribution in [0, 0.1) is 10.1 Å². The Bertz CT molecular complexity index is 871. The molecule has 0 spiro atoms. The van der Waals surface area contributed by atoms with Gasteiger partial charge in [-0.1, -0.05) is 48.8 Å². The number of hydrogen-bond donors (Lipinski definition) is 1. The minimum Gasteiger partial charge on any atom is -0.867 e. The molecule has 0 aliphatic carbocycles. The molecule has 0 saturated heterocycles. The van der Waals surface area contributed by atoms with Gasteiger partial charge in [-0.05, 0) is 40.5 Å². The van der Waals surface area contributed by atoms with Gasteiger partial charge in [0.05, 0.1) is 11.1 Å². The Kier molecular flexibility index (Phi) is 5.76. The number of carbonyl (C=O) groups excluding carboxylic acids is 1. The van der Waals surface area contributed by atoms with Gasteiger partial charge in [0, 0.05) is 16.1 Å². The van der Waals surface area contributed by atoms with Crippen LogP contribution in [0.4, 0.5) is 5.69 Å². The topological polar surface area (TPSA) is 108 Å². The third kappa shape index (κ3) is 4.66. The minimum atomic E-state index is -0.772. The van der Waals surface area contributed by atoms with Crippen LogP contribution < -0.4 is 10.5 Å². The lowest BCUT2D eigenvalue weighted by molar-refractivity contribution is -0.398. The monoisotopic (exact) mass is 418 g/mol. The maximum atomic E-state index is 12.1. The molecule has 1 N–H and O–H groups in total. The minimum absolute atomic E-state index is 0.00513. The summed E-state index contributed by atoms with van der Waals surface area (Å²) in [7, 11) is 0. The van der Waals surface area contributed by atoms with Crippen molar-refractivity contribution in [2.45, 2.75) is 26.2 Å². The smallest absolute Gasteiger partial charge is 0.271 e. The van der Waals surface area contributed by atoms with E-state index in [2.05, 4.69) is 47.2 Å². The summed E-state index contributed by atoms with van der Waals surface area (Å²) in [5.74, 6) is -1.22. The number of hydrazone groups is 1. The van der Waals surface area contributed by atoms with Crippen LogP contribution in [0.2, 0.25) is 0 Å². The summed E-state index contributed by atoms with van der Waals surface area (Å²) in [6, 6.07) is 9.62. The van der Waals surface area contributed by atoms with Crippen molar-refractivity contribution in [3.8, 4) is 5.75 Å². The molecular formula is C18H17BrN3O4-. The summed E-state index contributed by atoms with van der Waals surface area (Å²) in [6.45, 7) is 6.22. The zero-order valence-corrected chi connectivity index (χ0v) is 16.0. The second-order valence-electron chi connectivity index (χ2n) is 6.63. The first kappa shape index (κ1) is 19.6. The predicted octanol–water partition coefficient (Wildman–Crippen LogP) is 3.49. The molecule has 7 nitrogen and oxygen atoms in total. The number of halogens is 1. The van der Waals surface area contributed by atoms with Crippen molar-refractivity contribution >= 4 is 33.7 Å². The number of carbonyl (C=O) groups is 1. The fourth-order valence-electron chi connectivity index (χ4n) is 2.18. The quantitative estimate of drug-likeness (QED) is 0.465. The van der Waals surface area contributed by atoms with Crippen molar-refractivity contribution in [3.05, 3.63) is 67.7 Å². The van der Waals surface area contributed by atoms with Gasteiger partial charge < -0.3 is 5.11 Å². The van der Waals surface area contributed by atoms with Gasteiger partial charge in [-0.15, -0.1) is 0 Å². The van der Waals surface area contributed by atoms with Crippen molar-refractivity contribution in [2.75, 3.05) is 0 Å². The van der Waals surface area contributed by atoms with E-state index < -0.39 is 22.3 Å². The van der Waals surface area contributed by atoms with Gasteiger partial charge in [-0.3, -0.25) is 14.9 Å². The molecular weight excluding hydrogens is 402 g/mol. The number of nitro benzene ring substituents is 1. The molecule has 0 aliphatic rings. The second kappa shape index (κ2) is 7.65. The van der Waals surface area contributed by atoms with Crippen LogP contribution in [0.5, 0.6) is 5.75 Å². The number of hydrogen-bond acceptors (Lipinski definition) is 5. The first-order valence-electron chi connectivity index (χ1n) is 7.68. The lowest BCUT2D eigenvalue weighted by atomic mass is 9.87. The Morgan fingerprint density at radius 3 is 2.38 bits per heavy atom. The highest BCUT2D eigenvalue weighted by Crippen LogP contribution is 2.30. The highest BCUT2D eigenvalue weighted by atomic mass is 79.9. The normalized spacial score (nSPS) is 11.5. The molecule has 0 fully saturated rings. The van der Waals surface area contributed by atoms with Gasteiger partial charge in [0.1, 0.15) is 0 Å². The molecule has 2 aromatic carbocycles. The molecule has 136 valence electrons. The van der Waals surface area contributed by atoms with E-state index in [1.165, 1.54) is 6.07 Å². The molecule has 26 heavy (non-hydrogen) atoms. The molecule has 0 aliphatic heterocycles. The lowest BCUT2D eigenvalue weighted by Crippen LogP contribution is -2.18. The second-order valence-corrected chi connectivity index (χ2v) is 7.54. The largest absolute Gasteiger partial charge is 0.867 e. The Balaban J connectivity index is 2.13. The van der Waals surface area contributed by atoms with Crippen LogP contribution in [-0.4, -0.2) is 17.0 Å². The summed E-state index contributed by atoms with van der Waals surface area (Å²) in [5, 5.41) is 26.6.